The van der Waals surface area contributed by atoms with Gasteiger partial charge in [0.05, 0.1) is 42.1 Å². The molecule has 1 aliphatic heterocycles. The number of ether oxygens (including phenoxy) is 2. The average molecular weight is 629 g/mol. The van der Waals surface area contributed by atoms with Gasteiger partial charge in [0.1, 0.15) is 11.5 Å². The highest BCUT2D eigenvalue weighted by atomic mass is 16.5. The third kappa shape index (κ3) is 11.3. The van der Waals surface area contributed by atoms with E-state index in [0.717, 1.165) is 6.42 Å². The molecular weight excluding hydrogens is 584 g/mol. The van der Waals surface area contributed by atoms with E-state index in [1.807, 2.05) is 11.8 Å². The Morgan fingerprint density at radius 2 is 1.00 bits per heavy atom. The predicted octanol–water partition coefficient (Wildman–Crippen LogP) is 0.0656. The van der Waals surface area contributed by atoms with E-state index in [0.29, 0.717) is 59.2 Å². The normalized spacial score (nSPS) is 16.6. The Morgan fingerprint density at radius 1 is 0.600 bits per heavy atom. The highest BCUT2D eigenvalue weighted by Gasteiger charge is 2.20. The maximum Gasteiger partial charge on any atom is 0.255 e. The Balaban J connectivity index is 1.71. The molecule has 4 amide bonds. The lowest BCUT2D eigenvalue weighted by Crippen LogP contribution is -2.41. The van der Waals surface area contributed by atoms with Crippen molar-refractivity contribution < 1.29 is 38.9 Å². The molecule has 0 aliphatic carbocycles. The molecule has 0 unspecified atom stereocenters. The van der Waals surface area contributed by atoms with E-state index < -0.39 is 35.1 Å². The summed E-state index contributed by atoms with van der Waals surface area (Å²) in [5, 5.41) is 35.4. The first-order chi connectivity index (χ1) is 21.8. The molecule has 45 heavy (non-hydrogen) atoms. The minimum atomic E-state index is -0.534. The minimum absolute atomic E-state index is 0.0242. The smallest absolute Gasteiger partial charge is 0.255 e. The quantitative estimate of drug-likeness (QED) is 0.197. The Bertz CT molecular complexity index is 1200. The van der Waals surface area contributed by atoms with Crippen molar-refractivity contribution in [2.45, 2.75) is 13.3 Å². The molecule has 0 spiro atoms. The second-order valence-corrected chi connectivity index (χ2v) is 10.2. The van der Waals surface area contributed by atoms with Gasteiger partial charge in [-0.25, -0.2) is 0 Å². The maximum absolute atomic E-state index is 12.9. The van der Waals surface area contributed by atoms with Crippen LogP contribution in [0.2, 0.25) is 0 Å². The number of hydrogen-bond acceptors (Lipinski definition) is 10. The van der Waals surface area contributed by atoms with Crippen LogP contribution in [0.1, 0.15) is 54.8 Å². The number of benzene rings is 2. The molecule has 246 valence electrons. The summed E-state index contributed by atoms with van der Waals surface area (Å²) >= 11 is 0. The van der Waals surface area contributed by atoms with Gasteiger partial charge in [-0.15, -0.1) is 0 Å². The molecule has 2 aromatic rings. The van der Waals surface area contributed by atoms with Crippen molar-refractivity contribution in [1.82, 2.24) is 31.5 Å². The largest absolute Gasteiger partial charge is 0.506 e. The van der Waals surface area contributed by atoms with Crippen molar-refractivity contribution in [2.24, 2.45) is 0 Å². The molecule has 0 fully saturated rings. The molecule has 3 rings (SSSR count). The molecule has 4 bridgehead atoms. The minimum Gasteiger partial charge on any atom is -0.506 e. The molecule has 0 saturated carbocycles. The lowest BCUT2D eigenvalue weighted by atomic mass is 10.1. The van der Waals surface area contributed by atoms with Gasteiger partial charge in [0.25, 0.3) is 23.6 Å². The first-order valence-electron chi connectivity index (χ1n) is 15.2. The molecule has 2 aromatic carbocycles. The first-order valence-corrected chi connectivity index (χ1v) is 15.2. The molecule has 0 atom stereocenters. The molecular formula is C31H44N6O8. The summed E-state index contributed by atoms with van der Waals surface area (Å²) in [6, 6.07) is 8.79. The van der Waals surface area contributed by atoms with E-state index in [2.05, 4.69) is 26.6 Å². The number of fused-ring (bicyclic) bond motifs is 4. The summed E-state index contributed by atoms with van der Waals surface area (Å²) in [6.07, 6.45) is 0.924. The fraction of sp³-hybridized carbons (Fsp3) is 0.484. The van der Waals surface area contributed by atoms with E-state index in [9.17, 15) is 29.4 Å². The van der Waals surface area contributed by atoms with E-state index in [4.69, 9.17) is 9.47 Å². The first kappa shape index (κ1) is 35.2. The molecule has 0 saturated heterocycles. The summed E-state index contributed by atoms with van der Waals surface area (Å²) in [5.74, 6) is -2.96. The number of carbonyl (C=O) groups is 4. The van der Waals surface area contributed by atoms with Crippen LogP contribution in [-0.4, -0.2) is 124 Å². The van der Waals surface area contributed by atoms with E-state index in [-0.39, 0.29) is 48.4 Å². The number of nitrogens with one attached hydrogen (secondary N) is 5. The molecule has 1 aliphatic rings. The van der Waals surface area contributed by atoms with Crippen LogP contribution in [0.25, 0.3) is 0 Å². The van der Waals surface area contributed by atoms with Crippen molar-refractivity contribution in [3.8, 4) is 11.5 Å². The van der Waals surface area contributed by atoms with Gasteiger partial charge in [0.15, 0.2) is 0 Å². The van der Waals surface area contributed by atoms with E-state index >= 15 is 0 Å². The van der Waals surface area contributed by atoms with Crippen LogP contribution < -0.4 is 26.6 Å². The number of rotatable bonds is 8. The average Bonchev–Trinajstić information content (AvgIpc) is 3.03. The lowest BCUT2D eigenvalue weighted by Gasteiger charge is -2.23. The van der Waals surface area contributed by atoms with E-state index in [1.165, 1.54) is 36.4 Å². The standard InChI is InChI=1S/C31H44N6O8/c1-2-18-44-20-21-45-19-17-37-15-13-35-30(42)24-7-3-5-22(26(24)38)28(40)33-11-9-32-10-12-34-29(41)23-6-4-8-25(27(23)39)31(43)36-14-16-37/h3-8,32,38-39H,2,9-21H2,1H3,(H,33,40)(H,34,41)(H,35,42)(H,36,43). The van der Waals surface area contributed by atoms with Crippen molar-refractivity contribution in [3.05, 3.63) is 58.7 Å². The monoisotopic (exact) mass is 628 g/mol. The number of aromatic hydroxyl groups is 2. The third-order valence-electron chi connectivity index (χ3n) is 6.92. The van der Waals surface area contributed by atoms with Gasteiger partial charge in [-0.2, -0.15) is 0 Å². The summed E-state index contributed by atoms with van der Waals surface area (Å²) in [6.45, 7) is 6.92. The van der Waals surface area contributed by atoms with Crippen LogP contribution in [0.3, 0.4) is 0 Å². The molecule has 0 radical (unpaired) electrons. The summed E-state index contributed by atoms with van der Waals surface area (Å²) in [4.78, 5) is 53.1. The number of nitrogens with zero attached hydrogens (tertiary/aromatic N) is 1. The zero-order chi connectivity index (χ0) is 32.4. The van der Waals surface area contributed by atoms with Crippen LogP contribution in [0.4, 0.5) is 0 Å². The Morgan fingerprint density at radius 3 is 1.42 bits per heavy atom. The van der Waals surface area contributed by atoms with Gasteiger partial charge < -0.3 is 46.3 Å². The van der Waals surface area contributed by atoms with Crippen LogP contribution in [-0.2, 0) is 9.47 Å². The van der Waals surface area contributed by atoms with Gasteiger partial charge in [0, 0.05) is 65.5 Å². The second kappa shape index (κ2) is 19.2. The number of phenols is 2. The zero-order valence-corrected chi connectivity index (χ0v) is 25.7. The van der Waals surface area contributed by atoms with Crippen LogP contribution in [0.15, 0.2) is 36.4 Å². The van der Waals surface area contributed by atoms with Gasteiger partial charge >= 0.3 is 0 Å². The van der Waals surface area contributed by atoms with Crippen LogP contribution >= 0.6 is 0 Å². The molecule has 14 nitrogen and oxygen atoms in total. The molecule has 7 N–H and O–H groups in total. The molecule has 0 aromatic heterocycles. The molecule has 14 heteroatoms. The van der Waals surface area contributed by atoms with Crippen molar-refractivity contribution in [3.63, 3.8) is 0 Å². The zero-order valence-electron chi connectivity index (χ0n) is 25.7. The summed E-state index contributed by atoms with van der Waals surface area (Å²) < 4.78 is 11.1. The third-order valence-corrected chi connectivity index (χ3v) is 6.92. The van der Waals surface area contributed by atoms with Gasteiger partial charge in [-0.05, 0) is 30.7 Å². The number of para-hydroxylation sites is 2. The SMILES string of the molecule is CCCOCCOCCN1CCNC(=O)c2cccc(c2O)C(=O)NCCNCCNC(=O)c2cccc(c2O)C(=O)NCC1. The Labute approximate surface area is 262 Å². The van der Waals surface area contributed by atoms with Crippen molar-refractivity contribution in [2.75, 3.05) is 85.3 Å². The van der Waals surface area contributed by atoms with E-state index in [1.54, 1.807) is 0 Å². The van der Waals surface area contributed by atoms with Gasteiger partial charge in [-0.3, -0.25) is 24.1 Å². The lowest BCUT2D eigenvalue weighted by molar-refractivity contribution is 0.0389. The number of carbonyl (C=O) groups excluding carboxylic acids is 4. The fourth-order valence-corrected chi connectivity index (χ4v) is 4.51. The van der Waals surface area contributed by atoms with Crippen LogP contribution in [0.5, 0.6) is 11.5 Å². The number of hydrogen-bond donors (Lipinski definition) is 7. The van der Waals surface area contributed by atoms with Crippen molar-refractivity contribution >= 4 is 23.6 Å². The highest BCUT2D eigenvalue weighted by molar-refractivity contribution is 6.04. The summed E-state index contributed by atoms with van der Waals surface area (Å²) in [5.41, 5.74) is -0.0999. The fourth-order valence-electron chi connectivity index (χ4n) is 4.51. The Kier molecular flexibility index (Phi) is 15.0. The topological polar surface area (TPSA) is 191 Å². The second-order valence-electron chi connectivity index (χ2n) is 10.2. The molecule has 1 heterocycles. The number of amides is 4. The Hall–Kier alpha value is -4.24. The van der Waals surface area contributed by atoms with Gasteiger partial charge in [0.2, 0.25) is 0 Å². The number of phenolic OH excluding ortho intramolecular Hbond substituents is 2. The maximum atomic E-state index is 12.9. The predicted molar refractivity (Wildman–Crippen MR) is 167 cm³/mol. The van der Waals surface area contributed by atoms with Gasteiger partial charge in [-0.1, -0.05) is 19.1 Å². The van der Waals surface area contributed by atoms with Crippen molar-refractivity contribution in [1.29, 1.82) is 0 Å². The summed E-state index contributed by atoms with van der Waals surface area (Å²) in [7, 11) is 0. The van der Waals surface area contributed by atoms with Crippen LogP contribution in [0, 0.1) is 0 Å². The highest BCUT2D eigenvalue weighted by Crippen LogP contribution is 2.23.